The first-order chi connectivity index (χ1) is 9.48. The predicted molar refractivity (Wildman–Crippen MR) is 86.0 cm³/mol. The van der Waals surface area contributed by atoms with E-state index in [1.165, 1.54) is 71.0 Å². The molecule has 1 aliphatic heterocycles. The van der Waals surface area contributed by atoms with E-state index in [9.17, 15) is 0 Å². The Hall–Kier alpha value is -0.0800. The molecule has 2 nitrogen and oxygen atoms in total. The minimum atomic E-state index is 0.274. The molecule has 1 heterocycles. The fraction of sp³-hybridized carbons (Fsp3) is 1.00. The second kappa shape index (κ2) is 5.61. The van der Waals surface area contributed by atoms with Crippen LogP contribution < -0.4 is 5.32 Å². The molecule has 0 radical (unpaired) electrons. The number of nitrogens with zero attached hydrogens (tertiary/aromatic N) is 1. The highest BCUT2D eigenvalue weighted by Gasteiger charge is 2.42. The average Bonchev–Trinajstić information content (AvgIpc) is 2.78. The maximum absolute atomic E-state index is 3.71. The van der Waals surface area contributed by atoms with E-state index in [1.54, 1.807) is 0 Å². The maximum Gasteiger partial charge on any atom is 0.0136 e. The van der Waals surface area contributed by atoms with Crippen molar-refractivity contribution < 1.29 is 0 Å². The Labute approximate surface area is 125 Å². The number of rotatable bonds is 3. The molecule has 1 spiro atoms. The first-order valence-corrected chi connectivity index (χ1v) is 8.97. The van der Waals surface area contributed by atoms with Gasteiger partial charge in [0.2, 0.25) is 0 Å². The Kier molecular flexibility index (Phi) is 4.16. The Morgan fingerprint density at radius 2 is 1.65 bits per heavy atom. The van der Waals surface area contributed by atoms with Crippen molar-refractivity contribution in [3.8, 4) is 0 Å². The standard InChI is InChI=1S/C18H34N2/c1-17(2,3)19-14-15-6-7-16(15)20-12-10-18(11-13-20)8-4-5-9-18/h15-16,19H,4-14H2,1-3H3. The first-order valence-electron chi connectivity index (χ1n) is 8.97. The van der Waals surface area contributed by atoms with Crippen LogP contribution in [0.5, 0.6) is 0 Å². The maximum atomic E-state index is 3.71. The Morgan fingerprint density at radius 3 is 2.15 bits per heavy atom. The quantitative estimate of drug-likeness (QED) is 0.844. The third-order valence-corrected chi connectivity index (χ3v) is 6.26. The molecule has 116 valence electrons. The molecule has 0 aromatic heterocycles. The van der Waals surface area contributed by atoms with Crippen molar-refractivity contribution in [3.63, 3.8) is 0 Å². The molecule has 0 amide bonds. The van der Waals surface area contributed by atoms with E-state index >= 15 is 0 Å². The number of hydrogen-bond donors (Lipinski definition) is 1. The Morgan fingerprint density at radius 1 is 1.00 bits per heavy atom. The molecule has 3 aliphatic rings. The Balaban J connectivity index is 1.46. The predicted octanol–water partition coefficient (Wildman–Crippen LogP) is 3.81. The van der Waals surface area contributed by atoms with Gasteiger partial charge in [0.25, 0.3) is 0 Å². The van der Waals surface area contributed by atoms with Crippen LogP contribution >= 0.6 is 0 Å². The van der Waals surface area contributed by atoms with Gasteiger partial charge in [-0.15, -0.1) is 0 Å². The topological polar surface area (TPSA) is 15.3 Å². The van der Waals surface area contributed by atoms with Crippen LogP contribution in [0.3, 0.4) is 0 Å². The molecule has 0 aromatic rings. The van der Waals surface area contributed by atoms with Crippen molar-refractivity contribution in [3.05, 3.63) is 0 Å². The fourth-order valence-electron chi connectivity index (χ4n) is 4.66. The normalized spacial score (nSPS) is 34.4. The van der Waals surface area contributed by atoms with E-state index < -0.39 is 0 Å². The lowest BCUT2D eigenvalue weighted by molar-refractivity contribution is 0.00798. The first kappa shape index (κ1) is 14.8. The van der Waals surface area contributed by atoms with Gasteiger partial charge in [0.15, 0.2) is 0 Å². The van der Waals surface area contributed by atoms with E-state index in [-0.39, 0.29) is 5.54 Å². The highest BCUT2D eigenvalue weighted by atomic mass is 15.2. The highest BCUT2D eigenvalue weighted by Crippen LogP contribution is 2.47. The van der Waals surface area contributed by atoms with Crippen molar-refractivity contribution in [2.24, 2.45) is 11.3 Å². The molecule has 2 heteroatoms. The van der Waals surface area contributed by atoms with Gasteiger partial charge in [-0.2, -0.15) is 0 Å². The molecule has 2 aliphatic carbocycles. The van der Waals surface area contributed by atoms with Crippen LogP contribution in [0.2, 0.25) is 0 Å². The van der Waals surface area contributed by atoms with Crippen LogP contribution in [0.1, 0.15) is 72.1 Å². The third-order valence-electron chi connectivity index (χ3n) is 6.26. The number of piperidine rings is 1. The van der Waals surface area contributed by atoms with E-state index in [4.69, 9.17) is 0 Å². The molecule has 2 unspecified atom stereocenters. The smallest absolute Gasteiger partial charge is 0.0136 e. The number of hydrogen-bond acceptors (Lipinski definition) is 2. The summed E-state index contributed by atoms with van der Waals surface area (Å²) in [5.74, 6) is 0.909. The molecule has 20 heavy (non-hydrogen) atoms. The molecule has 0 aromatic carbocycles. The summed E-state index contributed by atoms with van der Waals surface area (Å²) < 4.78 is 0. The minimum absolute atomic E-state index is 0.274. The van der Waals surface area contributed by atoms with E-state index in [0.29, 0.717) is 0 Å². The van der Waals surface area contributed by atoms with Gasteiger partial charge in [0, 0.05) is 11.6 Å². The molecule has 1 saturated heterocycles. The van der Waals surface area contributed by atoms with Gasteiger partial charge in [-0.1, -0.05) is 12.8 Å². The monoisotopic (exact) mass is 278 g/mol. The zero-order chi connectivity index (χ0) is 14.2. The van der Waals surface area contributed by atoms with E-state index in [0.717, 1.165) is 17.4 Å². The number of likely N-dealkylation sites (tertiary alicyclic amines) is 1. The van der Waals surface area contributed by atoms with Crippen LogP contribution in [-0.2, 0) is 0 Å². The van der Waals surface area contributed by atoms with Crippen molar-refractivity contribution in [1.29, 1.82) is 0 Å². The molecule has 3 rings (SSSR count). The highest BCUT2D eigenvalue weighted by molar-refractivity contribution is 4.96. The summed E-state index contributed by atoms with van der Waals surface area (Å²) in [5, 5.41) is 3.71. The Bertz CT molecular complexity index is 315. The van der Waals surface area contributed by atoms with Gasteiger partial charge in [0.1, 0.15) is 0 Å². The van der Waals surface area contributed by atoms with E-state index in [1.807, 2.05) is 0 Å². The average molecular weight is 278 g/mol. The second-order valence-corrected chi connectivity index (χ2v) is 8.78. The van der Waals surface area contributed by atoms with Gasteiger partial charge in [-0.05, 0) is 90.3 Å². The van der Waals surface area contributed by atoms with Crippen LogP contribution in [-0.4, -0.2) is 36.1 Å². The summed E-state index contributed by atoms with van der Waals surface area (Å²) in [6.45, 7) is 10.8. The summed E-state index contributed by atoms with van der Waals surface area (Å²) in [7, 11) is 0. The van der Waals surface area contributed by atoms with Gasteiger partial charge in [0.05, 0.1) is 0 Å². The fourth-order valence-corrected chi connectivity index (χ4v) is 4.66. The summed E-state index contributed by atoms with van der Waals surface area (Å²) in [6.07, 6.45) is 11.9. The molecule has 3 fully saturated rings. The van der Waals surface area contributed by atoms with Crippen molar-refractivity contribution in [2.75, 3.05) is 19.6 Å². The summed E-state index contributed by atoms with van der Waals surface area (Å²) in [6, 6.07) is 0.892. The molecule has 2 atom stereocenters. The summed E-state index contributed by atoms with van der Waals surface area (Å²) >= 11 is 0. The van der Waals surface area contributed by atoms with Crippen LogP contribution in [0.15, 0.2) is 0 Å². The van der Waals surface area contributed by atoms with Gasteiger partial charge in [-0.3, -0.25) is 0 Å². The number of nitrogens with one attached hydrogen (secondary N) is 1. The summed E-state index contributed by atoms with van der Waals surface area (Å²) in [4.78, 5) is 2.84. The third kappa shape index (κ3) is 3.22. The summed E-state index contributed by atoms with van der Waals surface area (Å²) in [5.41, 5.74) is 1.05. The van der Waals surface area contributed by atoms with Crippen LogP contribution in [0.25, 0.3) is 0 Å². The van der Waals surface area contributed by atoms with Crippen molar-refractivity contribution >= 4 is 0 Å². The van der Waals surface area contributed by atoms with E-state index in [2.05, 4.69) is 31.0 Å². The zero-order valence-electron chi connectivity index (χ0n) is 13.9. The van der Waals surface area contributed by atoms with Crippen LogP contribution in [0, 0.1) is 11.3 Å². The lowest BCUT2D eigenvalue weighted by Gasteiger charge is -2.50. The second-order valence-electron chi connectivity index (χ2n) is 8.78. The molecular formula is C18H34N2. The van der Waals surface area contributed by atoms with Crippen molar-refractivity contribution in [2.45, 2.75) is 83.7 Å². The SMILES string of the molecule is CC(C)(C)NCC1CCC1N1CCC2(CCCC2)CC1. The van der Waals surface area contributed by atoms with Crippen LogP contribution in [0.4, 0.5) is 0 Å². The lowest BCUT2D eigenvalue weighted by atomic mass is 9.73. The zero-order valence-corrected chi connectivity index (χ0v) is 13.9. The lowest BCUT2D eigenvalue weighted by Crippen LogP contribution is -2.55. The van der Waals surface area contributed by atoms with Gasteiger partial charge < -0.3 is 10.2 Å². The molecular weight excluding hydrogens is 244 g/mol. The molecule has 1 N–H and O–H groups in total. The van der Waals surface area contributed by atoms with Gasteiger partial charge in [-0.25, -0.2) is 0 Å². The minimum Gasteiger partial charge on any atom is -0.312 e. The molecule has 0 bridgehead atoms. The molecule has 2 saturated carbocycles. The largest absolute Gasteiger partial charge is 0.312 e. The van der Waals surface area contributed by atoms with Crippen molar-refractivity contribution in [1.82, 2.24) is 10.2 Å². The van der Waals surface area contributed by atoms with Gasteiger partial charge >= 0.3 is 0 Å².